The summed E-state index contributed by atoms with van der Waals surface area (Å²) in [5, 5.41) is 0. The van der Waals surface area contributed by atoms with Crippen LogP contribution >= 0.6 is 0 Å². The summed E-state index contributed by atoms with van der Waals surface area (Å²) in [5.41, 5.74) is 0.896. The van der Waals surface area contributed by atoms with E-state index in [1.54, 1.807) is 0 Å². The van der Waals surface area contributed by atoms with E-state index in [4.69, 9.17) is 0 Å². The lowest BCUT2D eigenvalue weighted by molar-refractivity contribution is 0.255. The van der Waals surface area contributed by atoms with Gasteiger partial charge in [-0.1, -0.05) is 13.8 Å². The Morgan fingerprint density at radius 2 is 2.00 bits per heavy atom. The molecule has 102 valence electrons. The highest BCUT2D eigenvalue weighted by Crippen LogP contribution is 2.37. The zero-order chi connectivity index (χ0) is 13.4. The first-order chi connectivity index (χ1) is 9.15. The van der Waals surface area contributed by atoms with Gasteiger partial charge in [-0.25, -0.2) is 9.97 Å². The Labute approximate surface area is 111 Å². The van der Waals surface area contributed by atoms with Crippen molar-refractivity contribution in [3.8, 4) is 0 Å². The molecule has 0 aliphatic heterocycles. The fourth-order valence-corrected chi connectivity index (χ4v) is 3.11. The molecule has 0 unspecified atom stereocenters. The normalized spacial score (nSPS) is 24.2. The Bertz CT molecular complexity index is 620. The summed E-state index contributed by atoms with van der Waals surface area (Å²) in [5.74, 6) is 2.98. The molecule has 2 aromatic heterocycles. The largest absolute Gasteiger partial charge is 0.336 e. The minimum Gasteiger partial charge on any atom is -0.336 e. The van der Waals surface area contributed by atoms with Crippen LogP contribution in [0.2, 0.25) is 0 Å². The van der Waals surface area contributed by atoms with Crippen LogP contribution in [0.15, 0.2) is 11.1 Å². The summed E-state index contributed by atoms with van der Waals surface area (Å²) in [6, 6.07) is 0. The molecule has 2 aromatic rings. The molecule has 1 aliphatic rings. The number of rotatable bonds is 2. The molecule has 5 heteroatoms. The van der Waals surface area contributed by atoms with E-state index in [1.807, 2.05) is 0 Å². The zero-order valence-corrected chi connectivity index (χ0v) is 11.4. The maximum atomic E-state index is 11.6. The van der Waals surface area contributed by atoms with Crippen LogP contribution in [0.4, 0.5) is 0 Å². The first kappa shape index (κ1) is 12.4. The Balaban J connectivity index is 1.82. The molecule has 1 aliphatic carbocycles. The van der Waals surface area contributed by atoms with Crippen molar-refractivity contribution in [2.75, 3.05) is 0 Å². The molecule has 0 bridgehead atoms. The van der Waals surface area contributed by atoms with Crippen LogP contribution < -0.4 is 5.56 Å². The van der Waals surface area contributed by atoms with Crippen molar-refractivity contribution in [2.24, 2.45) is 11.8 Å². The van der Waals surface area contributed by atoms with E-state index in [2.05, 4.69) is 33.8 Å². The predicted molar refractivity (Wildman–Crippen MR) is 74.0 cm³/mol. The summed E-state index contributed by atoms with van der Waals surface area (Å²) >= 11 is 0. The summed E-state index contributed by atoms with van der Waals surface area (Å²) in [6.45, 7) is 4.60. The molecule has 0 saturated heterocycles. The monoisotopic (exact) mass is 260 g/mol. The topological polar surface area (TPSA) is 74.4 Å². The standard InChI is InChI=1S/C14H20N4O/c1-8(2)9-3-5-10(6-4-9)12-17-11-13(18-12)15-7-16-14(11)19/h7-10H,3-6H2,1-2H3,(H2,15,16,17,18,19). The van der Waals surface area contributed by atoms with Gasteiger partial charge in [-0.05, 0) is 37.5 Å². The molecule has 5 nitrogen and oxygen atoms in total. The smallest absolute Gasteiger partial charge is 0.276 e. The van der Waals surface area contributed by atoms with Gasteiger partial charge in [0.2, 0.25) is 0 Å². The molecule has 0 spiro atoms. The predicted octanol–water partition coefficient (Wildman–Crippen LogP) is 2.58. The molecular formula is C14H20N4O. The molecule has 1 saturated carbocycles. The van der Waals surface area contributed by atoms with Gasteiger partial charge in [0.05, 0.1) is 6.33 Å². The molecule has 0 atom stereocenters. The molecule has 0 radical (unpaired) electrons. The highest BCUT2D eigenvalue weighted by Gasteiger charge is 2.26. The third-order valence-corrected chi connectivity index (χ3v) is 4.41. The van der Waals surface area contributed by atoms with Crippen LogP contribution in [-0.4, -0.2) is 19.9 Å². The van der Waals surface area contributed by atoms with Crippen molar-refractivity contribution in [3.63, 3.8) is 0 Å². The number of aromatic amines is 2. The Kier molecular flexibility index (Phi) is 3.12. The van der Waals surface area contributed by atoms with Crippen LogP contribution in [0.3, 0.4) is 0 Å². The fourth-order valence-electron chi connectivity index (χ4n) is 3.11. The van der Waals surface area contributed by atoms with Gasteiger partial charge >= 0.3 is 0 Å². The zero-order valence-electron chi connectivity index (χ0n) is 11.4. The van der Waals surface area contributed by atoms with Crippen molar-refractivity contribution in [3.05, 3.63) is 22.5 Å². The first-order valence-electron chi connectivity index (χ1n) is 7.08. The fraction of sp³-hybridized carbons (Fsp3) is 0.643. The van der Waals surface area contributed by atoms with Gasteiger partial charge in [-0.2, -0.15) is 0 Å². The van der Waals surface area contributed by atoms with Crippen LogP contribution in [0.25, 0.3) is 11.2 Å². The van der Waals surface area contributed by atoms with E-state index in [0.717, 1.165) is 30.5 Å². The number of imidazole rings is 1. The SMILES string of the molecule is CC(C)C1CCC(c2nc3nc[nH]c(=O)c3[nH]2)CC1. The van der Waals surface area contributed by atoms with E-state index in [-0.39, 0.29) is 5.56 Å². The number of nitrogens with one attached hydrogen (secondary N) is 2. The van der Waals surface area contributed by atoms with E-state index < -0.39 is 0 Å². The molecule has 1 fully saturated rings. The Morgan fingerprint density at radius 3 is 2.63 bits per heavy atom. The van der Waals surface area contributed by atoms with E-state index in [9.17, 15) is 4.79 Å². The quantitative estimate of drug-likeness (QED) is 0.871. The number of nitrogens with zero attached hydrogens (tertiary/aromatic N) is 2. The number of fused-ring (bicyclic) bond motifs is 1. The van der Waals surface area contributed by atoms with E-state index in [0.29, 0.717) is 17.1 Å². The van der Waals surface area contributed by atoms with Crippen molar-refractivity contribution in [1.82, 2.24) is 19.9 Å². The summed E-state index contributed by atoms with van der Waals surface area (Å²) in [6.07, 6.45) is 6.22. The van der Waals surface area contributed by atoms with Gasteiger partial charge < -0.3 is 9.97 Å². The number of H-pyrrole nitrogens is 2. The minimum absolute atomic E-state index is 0.139. The average molecular weight is 260 g/mol. The van der Waals surface area contributed by atoms with Crippen molar-refractivity contribution < 1.29 is 0 Å². The van der Waals surface area contributed by atoms with Gasteiger partial charge in [-0.3, -0.25) is 4.79 Å². The lowest BCUT2D eigenvalue weighted by Gasteiger charge is -2.29. The van der Waals surface area contributed by atoms with Gasteiger partial charge in [0, 0.05) is 5.92 Å². The number of aromatic nitrogens is 4. The third-order valence-electron chi connectivity index (χ3n) is 4.41. The lowest BCUT2D eigenvalue weighted by atomic mass is 9.77. The minimum atomic E-state index is -0.139. The van der Waals surface area contributed by atoms with Crippen LogP contribution in [0, 0.1) is 11.8 Å². The third kappa shape index (κ3) is 2.29. The molecule has 0 aromatic carbocycles. The highest BCUT2D eigenvalue weighted by molar-refractivity contribution is 5.68. The van der Waals surface area contributed by atoms with Crippen molar-refractivity contribution >= 4 is 11.2 Å². The van der Waals surface area contributed by atoms with Crippen LogP contribution in [0.5, 0.6) is 0 Å². The van der Waals surface area contributed by atoms with Crippen molar-refractivity contribution in [2.45, 2.75) is 45.4 Å². The molecule has 3 rings (SSSR count). The Hall–Kier alpha value is -1.65. The first-order valence-corrected chi connectivity index (χ1v) is 7.08. The maximum absolute atomic E-state index is 11.6. The van der Waals surface area contributed by atoms with Crippen molar-refractivity contribution in [1.29, 1.82) is 0 Å². The van der Waals surface area contributed by atoms with Gasteiger partial charge in [0.15, 0.2) is 11.2 Å². The molecule has 19 heavy (non-hydrogen) atoms. The second-order valence-corrected chi connectivity index (χ2v) is 5.91. The number of hydrogen-bond donors (Lipinski definition) is 2. The summed E-state index contributed by atoms with van der Waals surface area (Å²) in [4.78, 5) is 26.0. The van der Waals surface area contributed by atoms with Gasteiger partial charge in [-0.15, -0.1) is 0 Å². The van der Waals surface area contributed by atoms with Crippen LogP contribution in [0.1, 0.15) is 51.3 Å². The van der Waals surface area contributed by atoms with E-state index >= 15 is 0 Å². The molecule has 2 N–H and O–H groups in total. The lowest BCUT2D eigenvalue weighted by Crippen LogP contribution is -2.18. The second kappa shape index (κ2) is 4.79. The molecule has 2 heterocycles. The van der Waals surface area contributed by atoms with Crippen LogP contribution in [-0.2, 0) is 0 Å². The van der Waals surface area contributed by atoms with E-state index in [1.165, 1.54) is 19.2 Å². The summed E-state index contributed by atoms with van der Waals surface area (Å²) in [7, 11) is 0. The van der Waals surface area contributed by atoms with Gasteiger partial charge in [0.25, 0.3) is 5.56 Å². The Morgan fingerprint density at radius 1 is 1.26 bits per heavy atom. The highest BCUT2D eigenvalue weighted by atomic mass is 16.1. The number of hydrogen-bond acceptors (Lipinski definition) is 3. The molecular weight excluding hydrogens is 240 g/mol. The average Bonchev–Trinajstić information content (AvgIpc) is 2.84. The summed E-state index contributed by atoms with van der Waals surface area (Å²) < 4.78 is 0. The van der Waals surface area contributed by atoms with Gasteiger partial charge in [0.1, 0.15) is 5.82 Å². The molecule has 0 amide bonds. The maximum Gasteiger partial charge on any atom is 0.276 e. The second-order valence-electron chi connectivity index (χ2n) is 5.91.